The molecule has 0 saturated carbocycles. The molecule has 5 heteroatoms. The van der Waals surface area contributed by atoms with E-state index < -0.39 is 0 Å². The Balaban J connectivity index is 3.02. The molecular weight excluding hydrogens is 204 g/mol. The topological polar surface area (TPSA) is 61.6 Å². The van der Waals surface area contributed by atoms with Gasteiger partial charge in [-0.05, 0) is 18.2 Å². The number of nitrogen functional groups attached to an aromatic ring is 1. The third kappa shape index (κ3) is 2.87. The van der Waals surface area contributed by atoms with Crippen LogP contribution in [-0.2, 0) is 0 Å². The van der Waals surface area contributed by atoms with Gasteiger partial charge in [0.1, 0.15) is 0 Å². The number of amides is 1. The van der Waals surface area contributed by atoms with Crippen LogP contribution in [-0.4, -0.2) is 44.0 Å². The summed E-state index contributed by atoms with van der Waals surface area (Å²) in [7, 11) is 7.16. The van der Waals surface area contributed by atoms with E-state index in [0.29, 0.717) is 11.3 Å². The molecule has 0 radical (unpaired) electrons. The normalized spacial score (nSPS) is 10.3. The van der Waals surface area contributed by atoms with E-state index in [-0.39, 0.29) is 5.91 Å². The largest absolute Gasteiger partial charge is 0.397 e. The van der Waals surface area contributed by atoms with Crippen LogP contribution in [0.1, 0.15) is 10.4 Å². The average Bonchev–Trinajstić information content (AvgIpc) is 2.19. The number of nitrogens with zero attached hydrogens (tertiary/aromatic N) is 2. The Morgan fingerprint density at radius 3 is 2.38 bits per heavy atom. The zero-order valence-corrected chi connectivity index (χ0v) is 10.1. The van der Waals surface area contributed by atoms with Crippen LogP contribution >= 0.6 is 0 Å². The van der Waals surface area contributed by atoms with Crippen molar-refractivity contribution in [3.05, 3.63) is 23.8 Å². The van der Waals surface area contributed by atoms with Crippen molar-refractivity contribution in [3.8, 4) is 0 Å². The lowest BCUT2D eigenvalue weighted by Crippen LogP contribution is -2.23. The second-order valence-electron chi connectivity index (χ2n) is 4.01. The number of rotatable bonds is 3. The maximum absolute atomic E-state index is 11.7. The Bertz CT molecular complexity index is 388. The molecule has 0 spiro atoms. The van der Waals surface area contributed by atoms with Crippen LogP contribution in [0.3, 0.4) is 0 Å². The molecule has 3 N–H and O–H groups in total. The third-order valence-corrected chi connectivity index (χ3v) is 2.05. The Labute approximate surface area is 95.8 Å². The first-order valence-corrected chi connectivity index (χ1v) is 4.97. The van der Waals surface area contributed by atoms with E-state index in [1.54, 1.807) is 37.3 Å². The molecule has 88 valence electrons. The number of hydrogen-bond donors (Lipinski definition) is 2. The lowest BCUT2D eigenvalue weighted by atomic mass is 10.1. The van der Waals surface area contributed by atoms with Crippen molar-refractivity contribution in [2.24, 2.45) is 0 Å². The van der Waals surface area contributed by atoms with Crippen molar-refractivity contribution in [1.29, 1.82) is 0 Å². The fourth-order valence-electron chi connectivity index (χ4n) is 1.29. The Hall–Kier alpha value is -1.75. The standard InChI is InChI=1S/C11H18N4O/c1-14(2)11(16)8-5-6-9(12)10(7-8)13-15(3)4/h5-7,13H,12H2,1-4H3. The highest BCUT2D eigenvalue weighted by Crippen LogP contribution is 2.20. The minimum atomic E-state index is -0.0400. The number of hydrazine groups is 1. The molecule has 5 nitrogen and oxygen atoms in total. The smallest absolute Gasteiger partial charge is 0.253 e. The molecule has 0 bridgehead atoms. The van der Waals surface area contributed by atoms with Crippen LogP contribution in [0.2, 0.25) is 0 Å². The lowest BCUT2D eigenvalue weighted by Gasteiger charge is -2.17. The molecule has 0 aliphatic rings. The summed E-state index contributed by atoms with van der Waals surface area (Å²) in [5, 5.41) is 1.77. The molecule has 0 fully saturated rings. The van der Waals surface area contributed by atoms with E-state index in [4.69, 9.17) is 5.73 Å². The van der Waals surface area contributed by atoms with Crippen LogP contribution < -0.4 is 11.2 Å². The quantitative estimate of drug-likeness (QED) is 0.588. The number of carbonyl (C=O) groups excluding carboxylic acids is 1. The first kappa shape index (κ1) is 12.3. The SMILES string of the molecule is CN(C)Nc1cc(C(=O)N(C)C)ccc1N. The summed E-state index contributed by atoms with van der Waals surface area (Å²) in [5.41, 5.74) is 10.8. The number of nitrogens with two attached hydrogens (primary N) is 1. The van der Waals surface area contributed by atoms with Gasteiger partial charge in [0.2, 0.25) is 0 Å². The van der Waals surface area contributed by atoms with Gasteiger partial charge in [0.15, 0.2) is 0 Å². The summed E-state index contributed by atoms with van der Waals surface area (Å²) in [6, 6.07) is 5.19. The molecular formula is C11H18N4O. The molecule has 0 saturated heterocycles. The van der Waals surface area contributed by atoms with Crippen molar-refractivity contribution in [3.63, 3.8) is 0 Å². The summed E-state index contributed by atoms with van der Waals surface area (Å²) in [6.45, 7) is 0. The number of anilines is 2. The van der Waals surface area contributed by atoms with Gasteiger partial charge >= 0.3 is 0 Å². The highest BCUT2D eigenvalue weighted by Gasteiger charge is 2.10. The molecule has 0 aliphatic heterocycles. The Kier molecular flexibility index (Phi) is 3.73. The average molecular weight is 222 g/mol. The fraction of sp³-hybridized carbons (Fsp3) is 0.364. The second kappa shape index (κ2) is 4.85. The Morgan fingerprint density at radius 2 is 1.88 bits per heavy atom. The van der Waals surface area contributed by atoms with E-state index in [2.05, 4.69) is 5.43 Å². The van der Waals surface area contributed by atoms with Gasteiger partial charge in [0.25, 0.3) is 5.91 Å². The number of benzene rings is 1. The molecule has 0 heterocycles. The van der Waals surface area contributed by atoms with Gasteiger partial charge in [0.05, 0.1) is 11.4 Å². The molecule has 1 amide bonds. The third-order valence-electron chi connectivity index (χ3n) is 2.05. The minimum absolute atomic E-state index is 0.0400. The van der Waals surface area contributed by atoms with Crippen LogP contribution in [0.15, 0.2) is 18.2 Å². The van der Waals surface area contributed by atoms with Gasteiger partial charge in [-0.25, -0.2) is 5.01 Å². The lowest BCUT2D eigenvalue weighted by molar-refractivity contribution is 0.0827. The first-order chi connectivity index (χ1) is 7.41. The van der Waals surface area contributed by atoms with Crippen molar-refractivity contribution in [1.82, 2.24) is 9.91 Å². The summed E-state index contributed by atoms with van der Waals surface area (Å²) >= 11 is 0. The van der Waals surface area contributed by atoms with Gasteiger partial charge in [-0.3, -0.25) is 4.79 Å². The molecule has 0 atom stereocenters. The fourth-order valence-corrected chi connectivity index (χ4v) is 1.29. The maximum atomic E-state index is 11.7. The zero-order valence-electron chi connectivity index (χ0n) is 10.1. The Morgan fingerprint density at radius 1 is 1.25 bits per heavy atom. The van der Waals surface area contributed by atoms with Crippen LogP contribution in [0.4, 0.5) is 11.4 Å². The van der Waals surface area contributed by atoms with Crippen molar-refractivity contribution >= 4 is 17.3 Å². The predicted molar refractivity (Wildman–Crippen MR) is 66.2 cm³/mol. The van der Waals surface area contributed by atoms with Crippen molar-refractivity contribution < 1.29 is 4.79 Å². The van der Waals surface area contributed by atoms with E-state index in [1.165, 1.54) is 4.90 Å². The maximum Gasteiger partial charge on any atom is 0.253 e. The van der Waals surface area contributed by atoms with Crippen LogP contribution in [0, 0.1) is 0 Å². The minimum Gasteiger partial charge on any atom is -0.397 e. The van der Waals surface area contributed by atoms with E-state index in [9.17, 15) is 4.79 Å². The highest BCUT2D eigenvalue weighted by atomic mass is 16.2. The molecule has 0 aromatic heterocycles. The van der Waals surface area contributed by atoms with Crippen LogP contribution in [0.5, 0.6) is 0 Å². The molecule has 0 aliphatic carbocycles. The monoisotopic (exact) mass is 222 g/mol. The van der Waals surface area contributed by atoms with Crippen molar-refractivity contribution in [2.45, 2.75) is 0 Å². The van der Waals surface area contributed by atoms with Gasteiger partial charge < -0.3 is 16.1 Å². The number of carbonyl (C=O) groups is 1. The molecule has 1 aromatic carbocycles. The van der Waals surface area contributed by atoms with Crippen LogP contribution in [0.25, 0.3) is 0 Å². The zero-order chi connectivity index (χ0) is 12.3. The summed E-state index contributed by atoms with van der Waals surface area (Å²) < 4.78 is 0. The predicted octanol–water partition coefficient (Wildman–Crippen LogP) is 0.859. The van der Waals surface area contributed by atoms with E-state index in [1.807, 2.05) is 14.1 Å². The molecule has 1 rings (SSSR count). The number of nitrogens with one attached hydrogen (secondary N) is 1. The van der Waals surface area contributed by atoms with Gasteiger partial charge in [0, 0.05) is 33.8 Å². The first-order valence-electron chi connectivity index (χ1n) is 4.97. The van der Waals surface area contributed by atoms with E-state index in [0.717, 1.165) is 5.69 Å². The van der Waals surface area contributed by atoms with Crippen molar-refractivity contribution in [2.75, 3.05) is 39.4 Å². The van der Waals surface area contributed by atoms with E-state index >= 15 is 0 Å². The molecule has 16 heavy (non-hydrogen) atoms. The number of hydrogen-bond acceptors (Lipinski definition) is 4. The summed E-state index contributed by atoms with van der Waals surface area (Å²) in [5.74, 6) is -0.0400. The van der Waals surface area contributed by atoms with Gasteiger partial charge in [-0.2, -0.15) is 0 Å². The highest BCUT2D eigenvalue weighted by molar-refractivity contribution is 5.95. The second-order valence-corrected chi connectivity index (χ2v) is 4.01. The molecule has 1 aromatic rings. The van der Waals surface area contributed by atoms with Gasteiger partial charge in [-0.15, -0.1) is 0 Å². The van der Waals surface area contributed by atoms with Gasteiger partial charge in [-0.1, -0.05) is 0 Å². The summed E-state index contributed by atoms with van der Waals surface area (Å²) in [4.78, 5) is 13.3. The molecule has 0 unspecified atom stereocenters. The summed E-state index contributed by atoms with van der Waals surface area (Å²) in [6.07, 6.45) is 0.